The van der Waals surface area contributed by atoms with Gasteiger partial charge in [0.25, 0.3) is 0 Å². The third-order valence-electron chi connectivity index (χ3n) is 9.02. The van der Waals surface area contributed by atoms with Gasteiger partial charge in [-0.3, -0.25) is 0 Å². The molecule has 0 radical (unpaired) electrons. The SMILES string of the molecule is CC(C)(C)[Si](Oc1ccc(O[Si](c2ccccc2)(c2ccccc2)C(C)(C)C)c(CO)c1CO)(c1ccccc1)c1ccccc1. The highest BCUT2D eigenvalue weighted by atomic mass is 28.4. The number of aliphatic hydroxyl groups is 2. The summed E-state index contributed by atoms with van der Waals surface area (Å²) < 4.78 is 14.7. The molecule has 4 nitrogen and oxygen atoms in total. The summed E-state index contributed by atoms with van der Waals surface area (Å²) in [5, 5.41) is 25.9. The molecule has 0 spiro atoms. The van der Waals surface area contributed by atoms with Crippen LogP contribution < -0.4 is 29.6 Å². The third-order valence-corrected chi connectivity index (χ3v) is 18.9. The number of benzene rings is 5. The van der Waals surface area contributed by atoms with Crippen molar-refractivity contribution in [2.45, 2.75) is 64.8 Å². The minimum atomic E-state index is -3.00. The molecule has 0 bridgehead atoms. The van der Waals surface area contributed by atoms with Crippen LogP contribution in [0.25, 0.3) is 0 Å². The van der Waals surface area contributed by atoms with Crippen LogP contribution in [0.2, 0.25) is 10.1 Å². The maximum atomic E-state index is 11.0. The molecule has 0 aliphatic heterocycles. The van der Waals surface area contributed by atoms with Gasteiger partial charge in [0.2, 0.25) is 0 Å². The molecule has 0 saturated carbocycles. The van der Waals surface area contributed by atoms with Crippen molar-refractivity contribution in [1.82, 2.24) is 0 Å². The van der Waals surface area contributed by atoms with Crippen LogP contribution in [-0.2, 0) is 13.2 Å². The largest absolute Gasteiger partial charge is 0.534 e. The molecule has 5 aromatic carbocycles. The van der Waals surface area contributed by atoms with Crippen LogP contribution >= 0.6 is 0 Å². The van der Waals surface area contributed by atoms with Crippen molar-refractivity contribution in [2.75, 3.05) is 0 Å². The highest BCUT2D eigenvalue weighted by molar-refractivity contribution is 7.00. The van der Waals surface area contributed by atoms with Crippen LogP contribution in [0.5, 0.6) is 11.5 Å². The molecule has 0 unspecified atom stereocenters. The molecule has 0 fully saturated rings. The Morgan fingerprint density at radius 1 is 0.413 bits per heavy atom. The van der Waals surface area contributed by atoms with Gasteiger partial charge in [0.05, 0.1) is 13.2 Å². The summed E-state index contributed by atoms with van der Waals surface area (Å²) in [7, 11) is -6.00. The molecule has 46 heavy (non-hydrogen) atoms. The zero-order valence-electron chi connectivity index (χ0n) is 27.8. The first kappa shape index (κ1) is 33.4. The fraction of sp³-hybridized carbons (Fsp3) is 0.250. The van der Waals surface area contributed by atoms with Crippen LogP contribution in [0, 0.1) is 0 Å². The monoisotopic (exact) mass is 646 g/mol. The molecule has 238 valence electrons. The minimum absolute atomic E-state index is 0.272. The maximum absolute atomic E-state index is 11.0. The van der Waals surface area contributed by atoms with Gasteiger partial charge in [0, 0.05) is 11.1 Å². The molecule has 0 aromatic heterocycles. The topological polar surface area (TPSA) is 58.9 Å². The fourth-order valence-corrected chi connectivity index (χ4v) is 15.7. The predicted octanol–water partition coefficient (Wildman–Crippen LogP) is 6.55. The summed E-state index contributed by atoms with van der Waals surface area (Å²) in [6, 6.07) is 45.6. The van der Waals surface area contributed by atoms with E-state index in [4.69, 9.17) is 8.85 Å². The molecule has 2 N–H and O–H groups in total. The van der Waals surface area contributed by atoms with Gasteiger partial charge in [-0.25, -0.2) is 0 Å². The Balaban J connectivity index is 1.73. The molecule has 0 saturated heterocycles. The van der Waals surface area contributed by atoms with Gasteiger partial charge in [-0.2, -0.15) is 0 Å². The van der Waals surface area contributed by atoms with Gasteiger partial charge in [-0.05, 0) is 43.0 Å². The Kier molecular flexibility index (Phi) is 9.75. The lowest BCUT2D eigenvalue weighted by molar-refractivity contribution is 0.253. The van der Waals surface area contributed by atoms with E-state index < -0.39 is 16.6 Å². The van der Waals surface area contributed by atoms with Gasteiger partial charge in [-0.1, -0.05) is 163 Å². The first-order valence-electron chi connectivity index (χ1n) is 16.0. The third kappa shape index (κ3) is 5.98. The molecular formula is C40H46O4Si2. The highest BCUT2D eigenvalue weighted by Gasteiger charge is 2.54. The summed E-state index contributed by atoms with van der Waals surface area (Å²) in [6.07, 6.45) is 0. The zero-order valence-corrected chi connectivity index (χ0v) is 29.8. The molecule has 0 aliphatic carbocycles. The number of rotatable bonds is 10. The van der Waals surface area contributed by atoms with E-state index in [1.54, 1.807) is 0 Å². The van der Waals surface area contributed by atoms with Gasteiger partial charge in [-0.15, -0.1) is 0 Å². The first-order valence-corrected chi connectivity index (χ1v) is 19.8. The summed E-state index contributed by atoms with van der Waals surface area (Å²) in [6.45, 7) is 12.8. The van der Waals surface area contributed by atoms with E-state index in [0.717, 1.165) is 20.7 Å². The van der Waals surface area contributed by atoms with Gasteiger partial charge >= 0.3 is 16.6 Å². The van der Waals surface area contributed by atoms with E-state index in [2.05, 4.69) is 139 Å². The summed E-state index contributed by atoms with van der Waals surface area (Å²) in [5.74, 6) is 1.13. The van der Waals surface area contributed by atoms with Crippen LogP contribution in [0.3, 0.4) is 0 Å². The molecule has 0 atom stereocenters. The molecule has 0 heterocycles. The second-order valence-electron chi connectivity index (χ2n) is 13.9. The van der Waals surface area contributed by atoms with Crippen molar-refractivity contribution in [1.29, 1.82) is 0 Å². The molecule has 0 amide bonds. The van der Waals surface area contributed by atoms with Crippen molar-refractivity contribution >= 4 is 37.4 Å². The van der Waals surface area contributed by atoms with Crippen molar-refractivity contribution in [3.63, 3.8) is 0 Å². The molecule has 6 heteroatoms. The van der Waals surface area contributed by atoms with E-state index in [1.165, 1.54) is 0 Å². The molecule has 5 rings (SSSR count). The van der Waals surface area contributed by atoms with Crippen molar-refractivity contribution in [3.8, 4) is 11.5 Å². The summed E-state index contributed by atoms with van der Waals surface area (Å²) in [4.78, 5) is 0. The lowest BCUT2D eigenvalue weighted by atomic mass is 10.1. The minimum Gasteiger partial charge on any atom is -0.534 e. The molecular weight excluding hydrogens is 601 g/mol. The Morgan fingerprint density at radius 3 is 0.848 bits per heavy atom. The van der Waals surface area contributed by atoms with E-state index >= 15 is 0 Å². The van der Waals surface area contributed by atoms with Gasteiger partial charge in [0.1, 0.15) is 11.5 Å². The number of hydrogen-bond acceptors (Lipinski definition) is 4. The van der Waals surface area contributed by atoms with E-state index in [-0.39, 0.29) is 23.3 Å². The van der Waals surface area contributed by atoms with E-state index in [0.29, 0.717) is 22.6 Å². The first-order chi connectivity index (χ1) is 22.0. The summed E-state index contributed by atoms with van der Waals surface area (Å²) in [5.41, 5.74) is 1.09. The van der Waals surface area contributed by atoms with E-state index in [1.807, 2.05) is 36.4 Å². The Hall–Kier alpha value is -3.95. The average molecular weight is 647 g/mol. The van der Waals surface area contributed by atoms with E-state index in [9.17, 15) is 10.2 Å². The lowest BCUT2D eigenvalue weighted by Crippen LogP contribution is -2.69. The fourth-order valence-electron chi connectivity index (χ4n) is 6.82. The second-order valence-corrected chi connectivity index (χ2v) is 22.3. The highest BCUT2D eigenvalue weighted by Crippen LogP contribution is 2.43. The normalized spacial score (nSPS) is 12.5. The van der Waals surface area contributed by atoms with Crippen molar-refractivity contribution in [2.24, 2.45) is 0 Å². The quantitative estimate of drug-likeness (QED) is 0.169. The Morgan fingerprint density at radius 2 is 0.652 bits per heavy atom. The summed E-state index contributed by atoms with van der Waals surface area (Å²) >= 11 is 0. The van der Waals surface area contributed by atoms with Crippen molar-refractivity contribution in [3.05, 3.63) is 145 Å². The van der Waals surface area contributed by atoms with Crippen molar-refractivity contribution < 1.29 is 19.1 Å². The number of hydrogen-bond donors (Lipinski definition) is 2. The average Bonchev–Trinajstić information content (AvgIpc) is 3.06. The Labute approximate surface area is 276 Å². The standard InChI is InChI=1S/C40H46O4Si2/c1-39(2,3)45(31-19-11-7-12-20-31,32-21-13-8-14-22-32)43-37-27-28-38(36(30-42)35(37)29-41)44-46(40(4,5)6,33-23-15-9-16-24-33)34-25-17-10-18-26-34/h7-28,41-42H,29-30H2,1-6H3. The number of aliphatic hydroxyl groups excluding tert-OH is 2. The predicted molar refractivity (Wildman–Crippen MR) is 195 cm³/mol. The molecule has 0 aliphatic rings. The lowest BCUT2D eigenvalue weighted by Gasteiger charge is -2.44. The second kappa shape index (κ2) is 13.4. The maximum Gasteiger partial charge on any atom is 0.319 e. The van der Waals surface area contributed by atoms with Crippen LogP contribution in [0.15, 0.2) is 133 Å². The molecule has 5 aromatic rings. The van der Waals surface area contributed by atoms with Crippen LogP contribution in [-0.4, -0.2) is 26.8 Å². The Bertz CT molecular complexity index is 1500. The van der Waals surface area contributed by atoms with Crippen LogP contribution in [0.4, 0.5) is 0 Å². The van der Waals surface area contributed by atoms with Gasteiger partial charge in [0.15, 0.2) is 0 Å². The smallest absolute Gasteiger partial charge is 0.319 e. The van der Waals surface area contributed by atoms with Gasteiger partial charge < -0.3 is 19.1 Å². The zero-order chi connectivity index (χ0) is 33.0. The van der Waals surface area contributed by atoms with Crippen LogP contribution in [0.1, 0.15) is 52.7 Å².